The van der Waals surface area contributed by atoms with Gasteiger partial charge in [0.15, 0.2) is 0 Å². The van der Waals surface area contributed by atoms with Crippen LogP contribution in [0.4, 0.5) is 25.9 Å². The van der Waals surface area contributed by atoms with Crippen molar-refractivity contribution in [2.45, 2.75) is 105 Å². The number of nitrogens with zero attached hydrogens (tertiary/aromatic N) is 4. The summed E-state index contributed by atoms with van der Waals surface area (Å²) < 4.78 is 22.7. The minimum atomic E-state index is -0.662. The molecule has 1 saturated carbocycles. The van der Waals surface area contributed by atoms with Crippen molar-refractivity contribution in [3.05, 3.63) is 41.2 Å². The number of amides is 3. The average molecular weight is 724 g/mol. The lowest BCUT2D eigenvalue weighted by Crippen LogP contribution is -2.52. The van der Waals surface area contributed by atoms with Crippen molar-refractivity contribution in [1.82, 2.24) is 14.9 Å². The average Bonchev–Trinajstić information content (AvgIpc) is 3.03. The normalized spacial score (nSPS) is 17.0. The molecule has 2 fully saturated rings. The lowest BCUT2D eigenvalue weighted by molar-refractivity contribution is -0.0717. The van der Waals surface area contributed by atoms with Crippen LogP contribution in [0.15, 0.2) is 30.6 Å². The van der Waals surface area contributed by atoms with E-state index in [2.05, 4.69) is 15.3 Å². The highest BCUT2D eigenvalue weighted by atomic mass is 35.5. The van der Waals surface area contributed by atoms with Gasteiger partial charge in [0, 0.05) is 47.0 Å². The molecule has 2 aromatic heterocycles. The number of hydrogen-bond donors (Lipinski definition) is 1. The molecule has 51 heavy (non-hydrogen) atoms. The minimum absolute atomic E-state index is 0.0834. The Bertz CT molecular complexity index is 1790. The molecule has 0 atom stereocenters. The largest absolute Gasteiger partial charge is 0.474 e. The molecule has 0 bridgehead atoms. The maximum Gasteiger partial charge on any atom is 0.415 e. The molecule has 6 rings (SSSR count). The highest BCUT2D eigenvalue weighted by molar-refractivity contribution is 6.34. The first-order valence-corrected chi connectivity index (χ1v) is 18.1. The number of halogens is 1. The van der Waals surface area contributed by atoms with Crippen LogP contribution >= 0.6 is 11.6 Å². The van der Waals surface area contributed by atoms with Gasteiger partial charge in [-0.2, -0.15) is 0 Å². The van der Waals surface area contributed by atoms with Crippen LogP contribution in [0.25, 0.3) is 21.9 Å². The van der Waals surface area contributed by atoms with Crippen molar-refractivity contribution in [3.8, 4) is 17.0 Å². The number of ether oxygens (including phenoxy) is 4. The van der Waals surface area contributed by atoms with Crippen LogP contribution in [0.2, 0.25) is 5.02 Å². The summed E-state index contributed by atoms with van der Waals surface area (Å²) in [5.74, 6) is 0.698. The Kier molecular flexibility index (Phi) is 11.0. The molecule has 12 nitrogen and oxygen atoms in total. The topological polar surface area (TPSA) is 132 Å². The number of carbonyl (C=O) groups excluding carboxylic acids is 3. The third-order valence-electron chi connectivity index (χ3n) is 9.11. The van der Waals surface area contributed by atoms with Crippen molar-refractivity contribution >= 4 is 52.2 Å². The van der Waals surface area contributed by atoms with E-state index in [1.54, 1.807) is 28.3 Å². The second-order valence-electron chi connectivity index (χ2n) is 15.2. The predicted molar refractivity (Wildman–Crippen MR) is 198 cm³/mol. The number of likely N-dealkylation sites (tertiary alicyclic amines) is 1. The first-order valence-electron chi connectivity index (χ1n) is 17.7. The molecule has 1 aliphatic carbocycles. The Balaban J connectivity index is 0.00000248. The van der Waals surface area contributed by atoms with Gasteiger partial charge in [0.05, 0.1) is 6.54 Å². The molecule has 3 aliphatic rings. The number of benzene rings is 1. The van der Waals surface area contributed by atoms with Gasteiger partial charge < -0.3 is 23.8 Å². The fourth-order valence-corrected chi connectivity index (χ4v) is 7.00. The maximum absolute atomic E-state index is 13.1. The van der Waals surface area contributed by atoms with E-state index in [1.807, 2.05) is 74.4 Å². The Morgan fingerprint density at radius 1 is 0.882 bits per heavy atom. The second kappa shape index (κ2) is 14.7. The number of piperidine rings is 1. The van der Waals surface area contributed by atoms with Gasteiger partial charge in [-0.25, -0.2) is 24.4 Å². The third-order valence-corrected chi connectivity index (χ3v) is 9.42. The smallest absolute Gasteiger partial charge is 0.415 e. The summed E-state index contributed by atoms with van der Waals surface area (Å²) in [4.78, 5) is 50.6. The Morgan fingerprint density at radius 3 is 2.18 bits per heavy atom. The molecular weight excluding hydrogens is 674 g/mol. The number of nitrogens with one attached hydrogen (secondary N) is 1. The summed E-state index contributed by atoms with van der Waals surface area (Å²) >= 11 is 6.79. The Labute approximate surface area is 305 Å². The van der Waals surface area contributed by atoms with E-state index in [4.69, 9.17) is 30.5 Å². The monoisotopic (exact) mass is 723 g/mol. The van der Waals surface area contributed by atoms with Gasteiger partial charge in [0.1, 0.15) is 35.4 Å². The van der Waals surface area contributed by atoms with E-state index in [9.17, 15) is 14.4 Å². The quantitative estimate of drug-likeness (QED) is 0.263. The van der Waals surface area contributed by atoms with E-state index in [1.165, 1.54) is 0 Å². The zero-order valence-corrected chi connectivity index (χ0v) is 31.9. The molecule has 13 heteroatoms. The highest BCUT2D eigenvalue weighted by Gasteiger charge is 2.48. The molecule has 0 unspecified atom stereocenters. The van der Waals surface area contributed by atoms with Crippen LogP contribution < -0.4 is 15.0 Å². The maximum atomic E-state index is 13.1. The molecule has 3 amide bonds. The van der Waals surface area contributed by atoms with Crippen molar-refractivity contribution < 1.29 is 33.3 Å². The molecule has 3 aromatic rings. The first-order chi connectivity index (χ1) is 24.0. The molecule has 4 heterocycles. The molecule has 1 N–H and O–H groups in total. The summed E-state index contributed by atoms with van der Waals surface area (Å²) in [6, 6.07) is 5.49. The first kappa shape index (κ1) is 37.9. The Morgan fingerprint density at radius 2 is 1.53 bits per heavy atom. The fraction of sp³-hybridized carbons (Fsp3) is 0.553. The molecule has 1 aromatic carbocycles. The van der Waals surface area contributed by atoms with Gasteiger partial charge >= 0.3 is 18.3 Å². The van der Waals surface area contributed by atoms with E-state index >= 15 is 0 Å². The standard InChI is InChI=1S/C36H44ClN5O7.C2H6/c1-21-26(20-39-30-29(21)42(12-13-46-30)33(45)49-35(5,6)7)25-14-22-16-28(38-19-23(22)15-27(25)37)40-31(43)47-24-17-36(18-24)8-10-41(11-9-36)32(44)48-34(2,3)4;1-2/h14-16,19-20,24H,8-13,17-18H2,1-7H3,(H,38,40,43);1-2H3. The molecule has 1 saturated heterocycles. The number of rotatable bonds is 3. The van der Waals surface area contributed by atoms with Gasteiger partial charge in [0.2, 0.25) is 5.88 Å². The van der Waals surface area contributed by atoms with Crippen molar-refractivity contribution in [1.29, 1.82) is 0 Å². The summed E-state index contributed by atoms with van der Waals surface area (Å²) in [7, 11) is 0. The number of pyridine rings is 2. The zero-order chi connectivity index (χ0) is 37.3. The SMILES string of the molecule is CC.Cc1c(-c2cc3cc(NC(=O)OC4CC5(CCN(C(=O)OC(C)(C)C)CC5)C4)ncc3cc2Cl)cnc2c1N(C(=O)OC(C)(C)C)CCO2. The molecular formula is C38H50ClN5O7. The van der Waals surface area contributed by atoms with Crippen LogP contribution in [0, 0.1) is 12.3 Å². The molecule has 2 aliphatic heterocycles. The van der Waals surface area contributed by atoms with Crippen LogP contribution in [0.5, 0.6) is 5.88 Å². The summed E-state index contributed by atoms with van der Waals surface area (Å²) in [5.41, 5.74) is 1.64. The number of fused-ring (bicyclic) bond motifs is 2. The lowest BCUT2D eigenvalue weighted by atomic mass is 9.61. The summed E-state index contributed by atoms with van der Waals surface area (Å²) in [6.45, 7) is 18.9. The van der Waals surface area contributed by atoms with Gasteiger partial charge in [-0.05, 0) is 109 Å². The molecule has 0 radical (unpaired) electrons. The second-order valence-corrected chi connectivity index (χ2v) is 15.6. The van der Waals surface area contributed by atoms with Crippen molar-refractivity contribution in [2.75, 3.05) is 36.5 Å². The van der Waals surface area contributed by atoms with Gasteiger partial charge in [-0.15, -0.1) is 0 Å². The van der Waals surface area contributed by atoms with E-state index in [-0.39, 0.29) is 17.6 Å². The third kappa shape index (κ3) is 8.77. The number of aromatic nitrogens is 2. The van der Waals surface area contributed by atoms with E-state index < -0.39 is 23.4 Å². The van der Waals surface area contributed by atoms with Crippen molar-refractivity contribution in [2.24, 2.45) is 5.41 Å². The van der Waals surface area contributed by atoms with Crippen LogP contribution in [0.3, 0.4) is 0 Å². The van der Waals surface area contributed by atoms with Crippen LogP contribution in [-0.2, 0) is 14.2 Å². The van der Waals surface area contributed by atoms with Gasteiger partial charge in [-0.3, -0.25) is 10.2 Å². The number of anilines is 2. The lowest BCUT2D eigenvalue weighted by Gasteiger charge is -2.51. The fourth-order valence-electron chi connectivity index (χ4n) is 6.72. The summed E-state index contributed by atoms with van der Waals surface area (Å²) in [6.07, 6.45) is 5.06. The van der Waals surface area contributed by atoms with Gasteiger partial charge in [0.25, 0.3) is 0 Å². The number of carbonyl (C=O) groups is 3. The van der Waals surface area contributed by atoms with E-state index in [0.717, 1.165) is 47.6 Å². The molecule has 276 valence electrons. The number of hydrogen-bond acceptors (Lipinski definition) is 9. The van der Waals surface area contributed by atoms with E-state index in [0.29, 0.717) is 54.2 Å². The molecule has 1 spiro atoms. The zero-order valence-electron chi connectivity index (χ0n) is 31.1. The Hall–Kier alpha value is -4.32. The predicted octanol–water partition coefficient (Wildman–Crippen LogP) is 9.15. The summed E-state index contributed by atoms with van der Waals surface area (Å²) in [5, 5.41) is 4.83. The minimum Gasteiger partial charge on any atom is -0.474 e. The van der Waals surface area contributed by atoms with Crippen molar-refractivity contribution in [3.63, 3.8) is 0 Å². The van der Waals surface area contributed by atoms with Crippen LogP contribution in [0.1, 0.15) is 86.6 Å². The van der Waals surface area contributed by atoms with Crippen LogP contribution in [-0.4, -0.2) is 76.7 Å². The van der Waals surface area contributed by atoms with Gasteiger partial charge in [-0.1, -0.05) is 25.4 Å². The highest BCUT2D eigenvalue weighted by Crippen LogP contribution is 2.50.